The van der Waals surface area contributed by atoms with Gasteiger partial charge in [0, 0.05) is 23.9 Å². The number of nitrogens with zero attached hydrogens (tertiary/aromatic N) is 1. The number of H-pyrrole nitrogens is 1. The summed E-state index contributed by atoms with van der Waals surface area (Å²) in [6.07, 6.45) is -2.97. The van der Waals surface area contributed by atoms with Gasteiger partial charge in [-0.1, -0.05) is 0 Å². The Morgan fingerprint density at radius 3 is 2.73 bits per heavy atom. The molecule has 0 saturated heterocycles. The maximum Gasteiger partial charge on any atom is 0.265 e. The van der Waals surface area contributed by atoms with Gasteiger partial charge in [-0.2, -0.15) is 5.26 Å². The molecule has 15 heavy (non-hydrogen) atoms. The highest BCUT2D eigenvalue weighted by molar-refractivity contribution is 5.33. The van der Waals surface area contributed by atoms with Crippen molar-refractivity contribution < 1.29 is 8.78 Å². The second-order valence-corrected chi connectivity index (χ2v) is 2.89. The average Bonchev–Trinajstić information content (AvgIpc) is 2.16. The molecule has 1 rings (SSSR count). The van der Waals surface area contributed by atoms with Crippen LogP contribution in [0, 0.1) is 11.3 Å². The SMILES string of the molecule is N#CCc1cc(=O)[nH]c(CN)c1C(F)F. The summed E-state index contributed by atoms with van der Waals surface area (Å²) >= 11 is 0. The van der Waals surface area contributed by atoms with Crippen LogP contribution in [0.15, 0.2) is 10.9 Å². The second kappa shape index (κ2) is 4.66. The minimum absolute atomic E-state index is 0.0113. The third kappa shape index (κ3) is 2.39. The van der Waals surface area contributed by atoms with Crippen LogP contribution in [0.5, 0.6) is 0 Å². The van der Waals surface area contributed by atoms with Crippen molar-refractivity contribution in [2.45, 2.75) is 19.4 Å². The molecule has 0 aliphatic carbocycles. The molecule has 1 aromatic heterocycles. The Morgan fingerprint density at radius 2 is 2.27 bits per heavy atom. The molecule has 4 nitrogen and oxygen atoms in total. The Labute approximate surface area is 84.3 Å². The molecular weight excluding hydrogens is 204 g/mol. The third-order valence-electron chi connectivity index (χ3n) is 1.94. The first-order valence-electron chi connectivity index (χ1n) is 4.20. The van der Waals surface area contributed by atoms with Crippen molar-refractivity contribution in [1.82, 2.24) is 4.98 Å². The number of nitrogens with two attached hydrogens (primary N) is 1. The Kier molecular flexibility index (Phi) is 3.52. The fourth-order valence-electron chi connectivity index (χ4n) is 1.35. The van der Waals surface area contributed by atoms with Gasteiger partial charge < -0.3 is 10.7 Å². The first-order valence-corrected chi connectivity index (χ1v) is 4.20. The lowest BCUT2D eigenvalue weighted by molar-refractivity contribution is 0.148. The van der Waals surface area contributed by atoms with Crippen LogP contribution in [-0.4, -0.2) is 4.98 Å². The summed E-state index contributed by atoms with van der Waals surface area (Å²) in [4.78, 5) is 13.3. The van der Waals surface area contributed by atoms with Gasteiger partial charge in [0.2, 0.25) is 5.56 Å². The highest BCUT2D eigenvalue weighted by atomic mass is 19.3. The lowest BCUT2D eigenvalue weighted by Gasteiger charge is -2.10. The standard InChI is InChI=1S/C9H9F2N3O/c10-9(11)8-5(1-2-12)3-7(15)14-6(8)4-13/h3,9H,1,4,13H2,(H,14,15). The lowest BCUT2D eigenvalue weighted by Crippen LogP contribution is -2.17. The van der Waals surface area contributed by atoms with E-state index in [0.717, 1.165) is 6.07 Å². The van der Waals surface area contributed by atoms with E-state index in [9.17, 15) is 13.6 Å². The minimum Gasteiger partial charge on any atom is -0.325 e. The number of rotatable bonds is 3. The summed E-state index contributed by atoms with van der Waals surface area (Å²) in [6.45, 7) is -0.186. The Bertz CT molecular complexity index is 448. The zero-order valence-corrected chi connectivity index (χ0v) is 7.76. The van der Waals surface area contributed by atoms with Gasteiger partial charge >= 0.3 is 0 Å². The van der Waals surface area contributed by atoms with Crippen molar-refractivity contribution in [2.24, 2.45) is 5.73 Å². The maximum absolute atomic E-state index is 12.6. The summed E-state index contributed by atoms with van der Waals surface area (Å²) in [7, 11) is 0. The highest BCUT2D eigenvalue weighted by Gasteiger charge is 2.18. The van der Waals surface area contributed by atoms with Crippen molar-refractivity contribution in [2.75, 3.05) is 0 Å². The van der Waals surface area contributed by atoms with E-state index in [-0.39, 0.29) is 29.8 Å². The molecule has 0 radical (unpaired) electrons. The van der Waals surface area contributed by atoms with Crippen LogP contribution in [0.25, 0.3) is 0 Å². The molecule has 1 heterocycles. The summed E-state index contributed by atoms with van der Waals surface area (Å²) in [6, 6.07) is 2.73. The average molecular weight is 213 g/mol. The van der Waals surface area contributed by atoms with Crippen molar-refractivity contribution in [3.05, 3.63) is 33.2 Å². The van der Waals surface area contributed by atoms with E-state index in [2.05, 4.69) is 4.98 Å². The number of halogens is 2. The van der Waals surface area contributed by atoms with Crippen LogP contribution in [0.3, 0.4) is 0 Å². The van der Waals surface area contributed by atoms with E-state index in [0.29, 0.717) is 0 Å². The monoisotopic (exact) mass is 213 g/mol. The minimum atomic E-state index is -2.75. The lowest BCUT2D eigenvalue weighted by atomic mass is 10.0. The Balaban J connectivity index is 3.41. The largest absolute Gasteiger partial charge is 0.325 e. The van der Waals surface area contributed by atoms with E-state index in [1.807, 2.05) is 0 Å². The van der Waals surface area contributed by atoms with Gasteiger partial charge in [0.1, 0.15) is 0 Å². The molecule has 0 fully saturated rings. The van der Waals surface area contributed by atoms with E-state index in [4.69, 9.17) is 11.0 Å². The molecule has 3 N–H and O–H groups in total. The fourth-order valence-corrected chi connectivity index (χ4v) is 1.35. The number of hydrogen-bond acceptors (Lipinski definition) is 3. The van der Waals surface area contributed by atoms with Gasteiger partial charge in [-0.3, -0.25) is 4.79 Å². The van der Waals surface area contributed by atoms with Crippen molar-refractivity contribution in [1.29, 1.82) is 5.26 Å². The number of pyridine rings is 1. The third-order valence-corrected chi connectivity index (χ3v) is 1.94. The molecule has 1 aromatic rings. The normalized spacial score (nSPS) is 10.3. The van der Waals surface area contributed by atoms with Gasteiger partial charge in [0.15, 0.2) is 0 Å². The molecule has 0 unspecified atom stereocenters. The smallest absolute Gasteiger partial charge is 0.265 e. The molecule has 0 aliphatic rings. The molecule has 80 valence electrons. The molecule has 0 amide bonds. The van der Waals surface area contributed by atoms with Crippen LogP contribution in [0.2, 0.25) is 0 Å². The van der Waals surface area contributed by atoms with Gasteiger partial charge in [-0.25, -0.2) is 8.78 Å². The maximum atomic E-state index is 12.6. The molecular formula is C9H9F2N3O. The molecule has 0 atom stereocenters. The predicted molar refractivity (Wildman–Crippen MR) is 49.2 cm³/mol. The van der Waals surface area contributed by atoms with Crippen LogP contribution in [0.4, 0.5) is 8.78 Å². The van der Waals surface area contributed by atoms with Gasteiger partial charge in [0.05, 0.1) is 12.5 Å². The van der Waals surface area contributed by atoms with E-state index < -0.39 is 12.0 Å². The predicted octanol–water partition coefficient (Wildman–Crippen LogP) is 0.837. The Hall–Kier alpha value is -1.74. The van der Waals surface area contributed by atoms with E-state index in [1.54, 1.807) is 6.07 Å². The van der Waals surface area contributed by atoms with Crippen LogP contribution in [0.1, 0.15) is 23.2 Å². The molecule has 0 aliphatic heterocycles. The van der Waals surface area contributed by atoms with Crippen LogP contribution < -0.4 is 11.3 Å². The fraction of sp³-hybridized carbons (Fsp3) is 0.333. The topological polar surface area (TPSA) is 82.7 Å². The molecule has 0 aromatic carbocycles. The Morgan fingerprint density at radius 1 is 1.60 bits per heavy atom. The first kappa shape index (κ1) is 11.3. The van der Waals surface area contributed by atoms with Crippen molar-refractivity contribution in [3.8, 4) is 6.07 Å². The zero-order valence-electron chi connectivity index (χ0n) is 7.76. The number of nitriles is 1. The quantitative estimate of drug-likeness (QED) is 0.780. The molecule has 6 heteroatoms. The molecule has 0 saturated carbocycles. The van der Waals surface area contributed by atoms with Gasteiger partial charge in [-0.15, -0.1) is 0 Å². The summed E-state index contributed by atoms with van der Waals surface area (Å²) in [5.74, 6) is 0. The summed E-state index contributed by atoms with van der Waals surface area (Å²) < 4.78 is 25.3. The van der Waals surface area contributed by atoms with Crippen LogP contribution in [-0.2, 0) is 13.0 Å². The number of aromatic amines is 1. The number of hydrogen-bond donors (Lipinski definition) is 2. The van der Waals surface area contributed by atoms with Gasteiger partial charge in [-0.05, 0) is 5.56 Å². The number of alkyl halides is 2. The number of aromatic nitrogens is 1. The summed E-state index contributed by atoms with van der Waals surface area (Å²) in [5.41, 5.74) is 4.41. The molecule has 0 spiro atoms. The van der Waals surface area contributed by atoms with Crippen LogP contribution >= 0.6 is 0 Å². The summed E-state index contributed by atoms with van der Waals surface area (Å²) in [5, 5.41) is 8.44. The highest BCUT2D eigenvalue weighted by Crippen LogP contribution is 2.24. The zero-order chi connectivity index (χ0) is 11.4. The second-order valence-electron chi connectivity index (χ2n) is 2.89. The first-order chi connectivity index (χ1) is 7.10. The van der Waals surface area contributed by atoms with E-state index >= 15 is 0 Å². The van der Waals surface area contributed by atoms with Crippen molar-refractivity contribution >= 4 is 0 Å². The van der Waals surface area contributed by atoms with Crippen molar-refractivity contribution in [3.63, 3.8) is 0 Å². The molecule has 0 bridgehead atoms. The number of nitrogens with one attached hydrogen (secondary N) is 1. The van der Waals surface area contributed by atoms with Gasteiger partial charge in [0.25, 0.3) is 6.43 Å². The van der Waals surface area contributed by atoms with E-state index in [1.165, 1.54) is 0 Å².